The molecule has 10 heavy (non-hydrogen) atoms. The summed E-state index contributed by atoms with van der Waals surface area (Å²) in [6, 6.07) is 0. The Labute approximate surface area is 69.8 Å². The van der Waals surface area contributed by atoms with Gasteiger partial charge in [-0.2, -0.15) is 12.6 Å². The van der Waals surface area contributed by atoms with Crippen LogP contribution in [0.3, 0.4) is 0 Å². The highest BCUT2D eigenvalue weighted by Gasteiger charge is 2.39. The molecule has 1 saturated carbocycles. The van der Waals surface area contributed by atoms with Crippen molar-refractivity contribution < 1.29 is 0 Å². The highest BCUT2D eigenvalue weighted by molar-refractivity contribution is 7.81. The third-order valence-corrected chi connectivity index (χ3v) is 4.00. The van der Waals surface area contributed by atoms with Crippen molar-refractivity contribution in [3.63, 3.8) is 0 Å². The molecule has 0 bridgehead atoms. The maximum Gasteiger partial charge on any atom is 0.0152 e. The largest absolute Gasteiger partial charge is 0.172 e. The first-order chi connectivity index (χ1) is 4.46. The Hall–Kier alpha value is 0.350. The van der Waals surface area contributed by atoms with E-state index in [1.54, 1.807) is 0 Å². The van der Waals surface area contributed by atoms with E-state index >= 15 is 0 Å². The number of thiol groups is 1. The Balaban J connectivity index is 2.70. The van der Waals surface area contributed by atoms with E-state index < -0.39 is 0 Å². The summed E-state index contributed by atoms with van der Waals surface area (Å²) in [6.07, 6.45) is 5.38. The first kappa shape index (κ1) is 8.45. The van der Waals surface area contributed by atoms with Gasteiger partial charge in [0.05, 0.1) is 0 Å². The Morgan fingerprint density at radius 3 is 1.80 bits per heavy atom. The van der Waals surface area contributed by atoms with Gasteiger partial charge in [-0.25, -0.2) is 0 Å². The zero-order valence-corrected chi connectivity index (χ0v) is 8.17. The quantitative estimate of drug-likeness (QED) is 0.514. The normalized spacial score (nSPS) is 39.6. The lowest BCUT2D eigenvalue weighted by molar-refractivity contribution is 0.187. The van der Waals surface area contributed by atoms with Crippen LogP contribution >= 0.6 is 12.6 Å². The van der Waals surface area contributed by atoms with Crippen molar-refractivity contribution in [3.05, 3.63) is 0 Å². The standard InChI is InChI=1S/C9H18S/c1-8(2)6-4-5-7-9(8,3)10/h10H,4-7H2,1-3H3/t9-/m0/s1. The summed E-state index contributed by atoms with van der Waals surface area (Å²) in [4.78, 5) is 0. The van der Waals surface area contributed by atoms with Crippen molar-refractivity contribution in [3.8, 4) is 0 Å². The van der Waals surface area contributed by atoms with E-state index in [1.165, 1.54) is 25.7 Å². The SMILES string of the molecule is CC1(C)CCCC[C@]1(C)S. The number of hydrogen-bond donors (Lipinski definition) is 1. The summed E-state index contributed by atoms with van der Waals surface area (Å²) >= 11 is 4.70. The maximum atomic E-state index is 4.70. The predicted molar refractivity (Wildman–Crippen MR) is 49.6 cm³/mol. The van der Waals surface area contributed by atoms with Gasteiger partial charge >= 0.3 is 0 Å². The van der Waals surface area contributed by atoms with Crippen molar-refractivity contribution in [1.29, 1.82) is 0 Å². The van der Waals surface area contributed by atoms with E-state index in [0.29, 0.717) is 5.41 Å². The van der Waals surface area contributed by atoms with Gasteiger partial charge in [-0.05, 0) is 18.3 Å². The van der Waals surface area contributed by atoms with Crippen molar-refractivity contribution in [2.24, 2.45) is 5.41 Å². The molecule has 0 unspecified atom stereocenters. The van der Waals surface area contributed by atoms with Gasteiger partial charge in [-0.15, -0.1) is 0 Å². The van der Waals surface area contributed by atoms with Gasteiger partial charge < -0.3 is 0 Å². The van der Waals surface area contributed by atoms with E-state index in [9.17, 15) is 0 Å². The molecule has 1 rings (SSSR count). The van der Waals surface area contributed by atoms with Crippen LogP contribution in [0.25, 0.3) is 0 Å². The summed E-state index contributed by atoms with van der Waals surface area (Å²) in [5.41, 5.74) is 0.439. The van der Waals surface area contributed by atoms with Gasteiger partial charge in [0.1, 0.15) is 0 Å². The Bertz CT molecular complexity index is 109. The molecule has 0 radical (unpaired) electrons. The van der Waals surface area contributed by atoms with E-state index in [-0.39, 0.29) is 4.75 Å². The molecule has 0 aromatic rings. The van der Waals surface area contributed by atoms with Gasteiger partial charge in [0, 0.05) is 4.75 Å². The van der Waals surface area contributed by atoms with Crippen LogP contribution in [0.5, 0.6) is 0 Å². The summed E-state index contributed by atoms with van der Waals surface area (Å²) in [5.74, 6) is 0. The lowest BCUT2D eigenvalue weighted by atomic mass is 9.69. The highest BCUT2D eigenvalue weighted by Crippen LogP contribution is 2.47. The second-order valence-electron chi connectivity index (χ2n) is 4.36. The topological polar surface area (TPSA) is 0 Å². The number of rotatable bonds is 0. The van der Waals surface area contributed by atoms with E-state index in [1.807, 2.05) is 0 Å². The van der Waals surface area contributed by atoms with Gasteiger partial charge in [-0.1, -0.05) is 33.6 Å². The molecule has 0 spiro atoms. The van der Waals surface area contributed by atoms with Crippen molar-refractivity contribution >= 4 is 12.6 Å². The fourth-order valence-electron chi connectivity index (χ4n) is 1.64. The zero-order valence-electron chi connectivity index (χ0n) is 7.28. The average Bonchev–Trinajstić information content (AvgIpc) is 1.77. The highest BCUT2D eigenvalue weighted by atomic mass is 32.1. The molecule has 0 saturated heterocycles. The second-order valence-corrected chi connectivity index (χ2v) is 5.35. The van der Waals surface area contributed by atoms with Crippen LogP contribution in [-0.2, 0) is 0 Å². The number of hydrogen-bond acceptors (Lipinski definition) is 1. The molecule has 0 aromatic heterocycles. The fourth-order valence-corrected chi connectivity index (χ4v) is 1.91. The van der Waals surface area contributed by atoms with Gasteiger partial charge in [0.2, 0.25) is 0 Å². The minimum Gasteiger partial charge on any atom is -0.172 e. The monoisotopic (exact) mass is 158 g/mol. The van der Waals surface area contributed by atoms with Crippen LogP contribution in [0.2, 0.25) is 0 Å². The Kier molecular flexibility index (Phi) is 2.06. The average molecular weight is 158 g/mol. The summed E-state index contributed by atoms with van der Waals surface area (Å²) in [5, 5.41) is 0. The predicted octanol–water partition coefficient (Wildman–Crippen LogP) is 3.28. The molecule has 0 aliphatic heterocycles. The smallest absolute Gasteiger partial charge is 0.0152 e. The van der Waals surface area contributed by atoms with Gasteiger partial charge in [0.25, 0.3) is 0 Å². The summed E-state index contributed by atoms with van der Waals surface area (Å²) < 4.78 is 0.269. The Morgan fingerprint density at radius 2 is 1.50 bits per heavy atom. The molecule has 0 amide bonds. The fraction of sp³-hybridized carbons (Fsp3) is 1.00. The Morgan fingerprint density at radius 1 is 1.00 bits per heavy atom. The van der Waals surface area contributed by atoms with Crippen LogP contribution in [0, 0.1) is 5.41 Å². The van der Waals surface area contributed by atoms with E-state index in [0.717, 1.165) is 0 Å². The molecule has 0 aromatic carbocycles. The van der Waals surface area contributed by atoms with Crippen LogP contribution in [0.15, 0.2) is 0 Å². The first-order valence-corrected chi connectivity index (χ1v) is 4.63. The molecular formula is C9H18S. The van der Waals surface area contributed by atoms with Gasteiger partial charge in [0.15, 0.2) is 0 Å². The third kappa shape index (κ3) is 1.34. The van der Waals surface area contributed by atoms with Crippen molar-refractivity contribution in [2.45, 2.75) is 51.2 Å². The second kappa shape index (κ2) is 2.44. The van der Waals surface area contributed by atoms with Crippen molar-refractivity contribution in [1.82, 2.24) is 0 Å². The minimum absolute atomic E-state index is 0.269. The molecule has 0 heterocycles. The van der Waals surface area contributed by atoms with E-state index in [2.05, 4.69) is 20.8 Å². The lowest BCUT2D eigenvalue weighted by Gasteiger charge is -2.44. The molecule has 0 N–H and O–H groups in total. The molecular weight excluding hydrogens is 140 g/mol. The molecule has 0 nitrogen and oxygen atoms in total. The van der Waals surface area contributed by atoms with Crippen LogP contribution in [0.1, 0.15) is 46.5 Å². The molecule has 1 atom stereocenters. The molecule has 60 valence electrons. The summed E-state index contributed by atoms with van der Waals surface area (Å²) in [6.45, 7) is 6.94. The lowest BCUT2D eigenvalue weighted by Crippen LogP contribution is -2.39. The van der Waals surface area contributed by atoms with Gasteiger partial charge in [-0.3, -0.25) is 0 Å². The maximum absolute atomic E-state index is 4.70. The van der Waals surface area contributed by atoms with Crippen molar-refractivity contribution in [2.75, 3.05) is 0 Å². The summed E-state index contributed by atoms with van der Waals surface area (Å²) in [7, 11) is 0. The van der Waals surface area contributed by atoms with E-state index in [4.69, 9.17) is 12.6 Å². The third-order valence-electron chi connectivity index (χ3n) is 3.17. The van der Waals surface area contributed by atoms with Crippen LogP contribution in [-0.4, -0.2) is 4.75 Å². The zero-order chi connectivity index (χ0) is 7.83. The molecule has 1 aliphatic rings. The molecule has 1 aliphatic carbocycles. The first-order valence-electron chi connectivity index (χ1n) is 4.18. The van der Waals surface area contributed by atoms with Crippen LogP contribution < -0.4 is 0 Å². The van der Waals surface area contributed by atoms with Crippen LogP contribution in [0.4, 0.5) is 0 Å². The molecule has 1 fully saturated rings. The molecule has 1 heteroatoms. The minimum atomic E-state index is 0.269.